The highest BCUT2D eigenvalue weighted by Gasteiger charge is 2.48. The smallest absolute Gasteiger partial charge is 0.246 e. The summed E-state index contributed by atoms with van der Waals surface area (Å²) in [6, 6.07) is 6.16. The van der Waals surface area contributed by atoms with E-state index in [1.54, 1.807) is 6.33 Å². The second kappa shape index (κ2) is 11.3. The van der Waals surface area contributed by atoms with Gasteiger partial charge in [-0.25, -0.2) is 14.4 Å². The number of nitriles is 1. The standard InChI is InChI=1S/C33H38FN9O3/c1-18(25-11-20(34)14-42(25)2)45-32-28-31(43(16-38-28)21-13-37-17-44-15-21)39-30(40-32)27-22-6-4-10-33(29(22)46-41-27)9-3-5-19-7-8-24(36)23(12-35)26(19)33/h7-8,16,18,20-21,25,37H,3-6,9-11,13-15,17,36H2,1-2H3/t18-,20+,21+,25-,33+/m0/s1. The summed E-state index contributed by atoms with van der Waals surface area (Å²) < 4.78 is 34.8. The Morgan fingerprint density at radius 1 is 1.24 bits per heavy atom. The van der Waals surface area contributed by atoms with E-state index < -0.39 is 11.6 Å². The van der Waals surface area contributed by atoms with Gasteiger partial charge in [-0.1, -0.05) is 11.2 Å². The van der Waals surface area contributed by atoms with Gasteiger partial charge in [-0.15, -0.1) is 0 Å². The van der Waals surface area contributed by atoms with Gasteiger partial charge in [0.25, 0.3) is 0 Å². The number of likely N-dealkylation sites (N-methyl/N-ethyl adjacent to an activating group) is 1. The van der Waals surface area contributed by atoms with Crippen molar-refractivity contribution in [2.24, 2.45) is 0 Å². The Morgan fingerprint density at radius 2 is 2.09 bits per heavy atom. The van der Waals surface area contributed by atoms with Crippen LogP contribution in [0.1, 0.15) is 73.1 Å². The lowest BCUT2D eigenvalue weighted by Gasteiger charge is -2.41. The van der Waals surface area contributed by atoms with Gasteiger partial charge >= 0.3 is 0 Å². The summed E-state index contributed by atoms with van der Waals surface area (Å²) >= 11 is 0. The minimum Gasteiger partial charge on any atom is -0.471 e. The Morgan fingerprint density at radius 3 is 2.85 bits per heavy atom. The highest BCUT2D eigenvalue weighted by molar-refractivity contribution is 5.79. The number of aryl methyl sites for hydroxylation is 1. The maximum absolute atomic E-state index is 14.3. The maximum Gasteiger partial charge on any atom is 0.246 e. The van der Waals surface area contributed by atoms with E-state index in [1.807, 2.05) is 29.5 Å². The van der Waals surface area contributed by atoms with E-state index in [2.05, 4.69) is 22.6 Å². The monoisotopic (exact) mass is 627 g/mol. The van der Waals surface area contributed by atoms with E-state index in [9.17, 15) is 9.65 Å². The average molecular weight is 628 g/mol. The quantitative estimate of drug-likeness (QED) is 0.311. The van der Waals surface area contributed by atoms with Crippen molar-refractivity contribution >= 4 is 16.9 Å². The molecule has 0 saturated carbocycles. The second-order valence-corrected chi connectivity index (χ2v) is 13.3. The highest BCUT2D eigenvalue weighted by atomic mass is 19.1. The largest absolute Gasteiger partial charge is 0.471 e. The highest BCUT2D eigenvalue weighted by Crippen LogP contribution is 2.53. The van der Waals surface area contributed by atoms with Crippen LogP contribution in [0.4, 0.5) is 10.1 Å². The number of ether oxygens (including phenoxy) is 2. The van der Waals surface area contributed by atoms with Crippen LogP contribution in [-0.2, 0) is 23.0 Å². The van der Waals surface area contributed by atoms with Gasteiger partial charge in [-0.3, -0.25) is 10.2 Å². The van der Waals surface area contributed by atoms with E-state index in [4.69, 9.17) is 34.7 Å². The summed E-state index contributed by atoms with van der Waals surface area (Å²) in [6.45, 7) is 4.04. The summed E-state index contributed by atoms with van der Waals surface area (Å²) in [5.41, 5.74) is 11.7. The van der Waals surface area contributed by atoms with Crippen molar-refractivity contribution in [1.82, 2.24) is 34.9 Å². The van der Waals surface area contributed by atoms with Gasteiger partial charge in [-0.2, -0.15) is 10.2 Å². The number of imidazole rings is 1. The molecule has 12 nitrogen and oxygen atoms in total. The van der Waals surface area contributed by atoms with Crippen molar-refractivity contribution in [1.29, 1.82) is 5.26 Å². The van der Waals surface area contributed by atoms with Crippen molar-refractivity contribution in [3.05, 3.63) is 46.5 Å². The molecule has 2 fully saturated rings. The molecule has 0 radical (unpaired) electrons. The molecule has 0 bridgehead atoms. The number of likely N-dealkylation sites (tertiary alicyclic amines) is 1. The van der Waals surface area contributed by atoms with Crippen LogP contribution in [0.2, 0.25) is 0 Å². The SMILES string of the molecule is C[C@H](Oc1nc(-c2noc3c2CCC[C@@]32CCCc3ccc(N)c(C#N)c32)nc2c1ncn2[C@@H]1CNCOC1)[C@@H]1C[C@@H](F)CN1C. The zero-order valence-electron chi connectivity index (χ0n) is 26.1. The number of hydrogen-bond donors (Lipinski definition) is 2. The molecule has 4 aromatic rings. The molecule has 4 aliphatic rings. The predicted octanol–water partition coefficient (Wildman–Crippen LogP) is 3.82. The van der Waals surface area contributed by atoms with Gasteiger partial charge in [0.1, 0.15) is 18.3 Å². The van der Waals surface area contributed by atoms with E-state index >= 15 is 0 Å². The van der Waals surface area contributed by atoms with E-state index in [0.29, 0.717) is 72.7 Å². The molecule has 1 aromatic carbocycles. The Labute approximate surface area is 266 Å². The number of nitrogen functional groups attached to an aromatic ring is 1. The molecule has 8 rings (SSSR count). The van der Waals surface area contributed by atoms with Crippen LogP contribution in [0.3, 0.4) is 0 Å². The summed E-state index contributed by atoms with van der Waals surface area (Å²) in [6.07, 6.45) is 6.11. The number of nitrogens with zero attached hydrogens (tertiary/aromatic N) is 7. The zero-order chi connectivity index (χ0) is 31.6. The third kappa shape index (κ3) is 4.57. The third-order valence-electron chi connectivity index (χ3n) is 10.5. The Balaban J connectivity index is 1.26. The normalized spacial score (nSPS) is 27.0. The molecule has 3 aromatic heterocycles. The van der Waals surface area contributed by atoms with Crippen molar-refractivity contribution in [3.8, 4) is 23.5 Å². The number of nitrogens with one attached hydrogen (secondary N) is 1. The Hall–Kier alpha value is -4.12. The second-order valence-electron chi connectivity index (χ2n) is 13.3. The molecule has 2 aliphatic carbocycles. The fourth-order valence-electron chi connectivity index (χ4n) is 8.34. The van der Waals surface area contributed by atoms with Gasteiger partial charge in [-0.05, 0) is 76.1 Å². The number of nitrogens with two attached hydrogens (primary N) is 1. The molecule has 240 valence electrons. The molecule has 5 heterocycles. The maximum atomic E-state index is 14.3. The topological polar surface area (TPSA) is 153 Å². The summed E-state index contributed by atoms with van der Waals surface area (Å²) in [5, 5.41) is 18.1. The van der Waals surface area contributed by atoms with Crippen LogP contribution < -0.4 is 15.8 Å². The van der Waals surface area contributed by atoms with Gasteiger partial charge < -0.3 is 24.3 Å². The summed E-state index contributed by atoms with van der Waals surface area (Å²) in [4.78, 5) is 16.7. The van der Waals surface area contributed by atoms with Gasteiger partial charge in [0.15, 0.2) is 28.4 Å². The fourth-order valence-corrected chi connectivity index (χ4v) is 8.34. The number of anilines is 1. The van der Waals surface area contributed by atoms with Crippen LogP contribution in [0.15, 0.2) is 23.0 Å². The minimum absolute atomic E-state index is 0.0249. The first-order valence-electron chi connectivity index (χ1n) is 16.2. The molecular formula is C33H38FN9O3. The minimum atomic E-state index is -0.893. The number of halogens is 1. The van der Waals surface area contributed by atoms with Crippen LogP contribution in [-0.4, -0.2) is 81.4 Å². The molecule has 5 atom stereocenters. The Bertz CT molecular complexity index is 1840. The van der Waals surface area contributed by atoms with Gasteiger partial charge in [0.2, 0.25) is 5.88 Å². The number of aromatic nitrogens is 5. The van der Waals surface area contributed by atoms with E-state index in [0.717, 1.165) is 61.0 Å². The first-order valence-corrected chi connectivity index (χ1v) is 16.2. The summed E-state index contributed by atoms with van der Waals surface area (Å²) in [5.74, 6) is 1.49. The van der Waals surface area contributed by atoms with Gasteiger partial charge in [0.05, 0.1) is 36.7 Å². The van der Waals surface area contributed by atoms with Crippen molar-refractivity contribution < 1.29 is 18.4 Å². The molecule has 0 unspecified atom stereocenters. The number of rotatable bonds is 5. The zero-order valence-corrected chi connectivity index (χ0v) is 26.1. The number of benzene rings is 1. The molecule has 13 heteroatoms. The lowest BCUT2D eigenvalue weighted by Crippen LogP contribution is -2.38. The lowest BCUT2D eigenvalue weighted by molar-refractivity contribution is 0.0511. The Kier molecular flexibility index (Phi) is 7.19. The van der Waals surface area contributed by atoms with Crippen LogP contribution >= 0.6 is 0 Å². The molecule has 3 N–H and O–H groups in total. The molecule has 0 amide bonds. The lowest BCUT2D eigenvalue weighted by atomic mass is 9.61. The molecule has 2 saturated heterocycles. The predicted molar refractivity (Wildman–Crippen MR) is 167 cm³/mol. The van der Waals surface area contributed by atoms with Crippen LogP contribution in [0.25, 0.3) is 22.7 Å². The van der Waals surface area contributed by atoms with E-state index in [-0.39, 0.29) is 18.2 Å². The van der Waals surface area contributed by atoms with Crippen LogP contribution in [0.5, 0.6) is 5.88 Å². The first-order chi connectivity index (χ1) is 22.4. The number of fused-ring (bicyclic) bond motifs is 5. The number of alkyl halides is 1. The average Bonchev–Trinajstić information content (AvgIpc) is 3.79. The fraction of sp³-hybridized carbons (Fsp3) is 0.545. The summed E-state index contributed by atoms with van der Waals surface area (Å²) in [7, 11) is 1.92. The first kappa shape index (κ1) is 29.3. The molecule has 46 heavy (non-hydrogen) atoms. The molecule has 2 aliphatic heterocycles. The molecular weight excluding hydrogens is 589 g/mol. The van der Waals surface area contributed by atoms with Crippen molar-refractivity contribution in [2.45, 2.75) is 81.6 Å². The molecule has 1 spiro atoms. The van der Waals surface area contributed by atoms with Crippen molar-refractivity contribution in [3.63, 3.8) is 0 Å². The third-order valence-corrected chi connectivity index (χ3v) is 10.5. The van der Waals surface area contributed by atoms with Gasteiger partial charge in [0, 0.05) is 30.4 Å². The van der Waals surface area contributed by atoms with Crippen molar-refractivity contribution in [2.75, 3.05) is 39.2 Å². The van der Waals surface area contributed by atoms with E-state index in [1.165, 1.54) is 0 Å². The number of hydrogen-bond acceptors (Lipinski definition) is 11. The van der Waals surface area contributed by atoms with Crippen LogP contribution in [0, 0.1) is 11.3 Å².